The smallest absolute Gasteiger partial charge is 0.309 e. The molecule has 7 heteroatoms. The maximum absolute atomic E-state index is 11.8. The second-order valence-corrected chi connectivity index (χ2v) is 7.19. The first-order valence-electron chi connectivity index (χ1n) is 6.16. The minimum Gasteiger partial charge on any atom is -0.469 e. The minimum absolute atomic E-state index is 0.0965. The number of nitrogens with one attached hydrogen (secondary N) is 1. The third-order valence-electron chi connectivity index (χ3n) is 2.85. The Hall–Kier alpha value is -1.11. The Morgan fingerprint density at radius 3 is 2.11 bits per heavy atom. The molecule has 2 atom stereocenters. The zero-order valence-electron chi connectivity index (χ0n) is 12.1. The van der Waals surface area contributed by atoms with Crippen LogP contribution in [0.2, 0.25) is 0 Å². The lowest BCUT2D eigenvalue weighted by Crippen LogP contribution is -2.40. The van der Waals surface area contributed by atoms with Crippen LogP contribution in [0.1, 0.15) is 27.7 Å². The fourth-order valence-corrected chi connectivity index (χ4v) is 2.87. The Labute approximate surface area is 114 Å². The van der Waals surface area contributed by atoms with Gasteiger partial charge in [-0.15, -0.1) is 0 Å². The normalized spacial score (nSPS) is 14.8. The predicted molar refractivity (Wildman–Crippen MR) is 72.3 cm³/mol. The van der Waals surface area contributed by atoms with Gasteiger partial charge < -0.3 is 10.1 Å². The molecule has 0 bridgehead atoms. The van der Waals surface area contributed by atoms with Crippen molar-refractivity contribution in [2.24, 2.45) is 11.8 Å². The molecule has 0 saturated carbocycles. The van der Waals surface area contributed by atoms with Crippen LogP contribution in [0.5, 0.6) is 0 Å². The lowest BCUT2D eigenvalue weighted by Gasteiger charge is -2.17. The van der Waals surface area contributed by atoms with Crippen LogP contribution in [0.25, 0.3) is 0 Å². The van der Waals surface area contributed by atoms with Crippen LogP contribution in [-0.4, -0.2) is 45.0 Å². The Kier molecular flexibility index (Phi) is 7.04. The Morgan fingerprint density at radius 1 is 1.16 bits per heavy atom. The van der Waals surface area contributed by atoms with Crippen LogP contribution < -0.4 is 5.32 Å². The lowest BCUT2D eigenvalue weighted by atomic mass is 10.1. The van der Waals surface area contributed by atoms with Gasteiger partial charge in [0.25, 0.3) is 0 Å². The first-order valence-corrected chi connectivity index (χ1v) is 7.98. The van der Waals surface area contributed by atoms with Gasteiger partial charge in [-0.1, -0.05) is 20.8 Å². The first-order chi connectivity index (χ1) is 8.59. The van der Waals surface area contributed by atoms with Gasteiger partial charge in [0.15, 0.2) is 9.84 Å². The van der Waals surface area contributed by atoms with Crippen molar-refractivity contribution in [2.45, 2.75) is 33.7 Å². The molecular formula is C12H23NO5S. The van der Waals surface area contributed by atoms with Crippen molar-refractivity contribution in [3.8, 4) is 0 Å². The summed E-state index contributed by atoms with van der Waals surface area (Å²) in [7, 11) is -2.42. The number of sulfone groups is 1. The average molecular weight is 293 g/mol. The molecule has 0 radical (unpaired) electrons. The van der Waals surface area contributed by atoms with Gasteiger partial charge in [-0.2, -0.15) is 0 Å². The van der Waals surface area contributed by atoms with Gasteiger partial charge in [-0.25, -0.2) is 8.42 Å². The van der Waals surface area contributed by atoms with E-state index in [-0.39, 0.29) is 17.7 Å². The van der Waals surface area contributed by atoms with E-state index in [1.165, 1.54) is 14.0 Å². The number of amides is 1. The van der Waals surface area contributed by atoms with E-state index in [4.69, 9.17) is 0 Å². The van der Waals surface area contributed by atoms with E-state index in [1.807, 2.05) is 20.8 Å². The van der Waals surface area contributed by atoms with E-state index in [0.717, 1.165) is 0 Å². The number of esters is 1. The van der Waals surface area contributed by atoms with E-state index in [2.05, 4.69) is 10.1 Å². The SMILES string of the molecule is COC(=O)C(C)CS(=O)(=O)CC(=O)NC(C)C(C)C. The lowest BCUT2D eigenvalue weighted by molar-refractivity contribution is -0.144. The summed E-state index contributed by atoms with van der Waals surface area (Å²) in [6.45, 7) is 7.13. The quantitative estimate of drug-likeness (QED) is 0.685. The molecule has 6 nitrogen and oxygen atoms in total. The van der Waals surface area contributed by atoms with E-state index >= 15 is 0 Å². The number of carbonyl (C=O) groups excluding carboxylic acids is 2. The molecule has 0 aliphatic carbocycles. The molecule has 0 aliphatic rings. The second kappa shape index (κ2) is 7.47. The number of ether oxygens (including phenoxy) is 1. The average Bonchev–Trinajstić information content (AvgIpc) is 2.25. The van der Waals surface area contributed by atoms with Gasteiger partial charge >= 0.3 is 5.97 Å². The molecule has 1 amide bonds. The maximum atomic E-state index is 11.8. The molecule has 0 fully saturated rings. The third-order valence-corrected chi connectivity index (χ3v) is 4.56. The van der Waals surface area contributed by atoms with Gasteiger partial charge in [0.1, 0.15) is 5.75 Å². The van der Waals surface area contributed by atoms with Crippen LogP contribution in [0.4, 0.5) is 0 Å². The van der Waals surface area contributed by atoms with Crippen LogP contribution in [0.15, 0.2) is 0 Å². The molecule has 0 saturated heterocycles. The Morgan fingerprint density at radius 2 is 1.68 bits per heavy atom. The first kappa shape index (κ1) is 17.9. The molecular weight excluding hydrogens is 270 g/mol. The summed E-state index contributed by atoms with van der Waals surface area (Å²) in [4.78, 5) is 22.7. The zero-order valence-corrected chi connectivity index (χ0v) is 12.9. The van der Waals surface area contributed by atoms with Crippen LogP contribution in [-0.2, 0) is 24.2 Å². The highest BCUT2D eigenvalue weighted by Crippen LogP contribution is 2.05. The molecule has 0 aliphatic heterocycles. The molecule has 0 aromatic heterocycles. The highest BCUT2D eigenvalue weighted by atomic mass is 32.2. The highest BCUT2D eigenvalue weighted by Gasteiger charge is 2.25. The number of methoxy groups -OCH3 is 1. The minimum atomic E-state index is -3.62. The molecule has 0 spiro atoms. The summed E-state index contributed by atoms with van der Waals surface area (Å²) >= 11 is 0. The molecule has 112 valence electrons. The summed E-state index contributed by atoms with van der Waals surface area (Å²) in [5.41, 5.74) is 0. The molecule has 19 heavy (non-hydrogen) atoms. The molecule has 0 heterocycles. The Balaban J connectivity index is 4.45. The van der Waals surface area contributed by atoms with Gasteiger partial charge in [-0.05, 0) is 12.8 Å². The number of carbonyl (C=O) groups is 2. The van der Waals surface area contributed by atoms with Crippen LogP contribution >= 0.6 is 0 Å². The standard InChI is InChI=1S/C12H23NO5S/c1-8(2)10(4)13-11(14)7-19(16,17)6-9(3)12(15)18-5/h8-10H,6-7H2,1-5H3,(H,13,14). The van der Waals surface area contributed by atoms with E-state index in [1.54, 1.807) is 0 Å². The van der Waals surface area contributed by atoms with E-state index in [0.29, 0.717) is 0 Å². The van der Waals surface area contributed by atoms with Gasteiger partial charge in [0.05, 0.1) is 18.8 Å². The van der Waals surface area contributed by atoms with Crippen molar-refractivity contribution >= 4 is 21.7 Å². The zero-order chi connectivity index (χ0) is 15.2. The molecule has 0 aromatic carbocycles. The van der Waals surface area contributed by atoms with Crippen LogP contribution in [0.3, 0.4) is 0 Å². The molecule has 0 aromatic rings. The summed E-state index contributed by atoms with van der Waals surface area (Å²) in [6.07, 6.45) is 0. The van der Waals surface area contributed by atoms with Crippen molar-refractivity contribution in [1.82, 2.24) is 5.32 Å². The van der Waals surface area contributed by atoms with Crippen molar-refractivity contribution in [1.29, 1.82) is 0 Å². The van der Waals surface area contributed by atoms with Gasteiger partial charge in [0, 0.05) is 6.04 Å². The molecule has 1 N–H and O–H groups in total. The topological polar surface area (TPSA) is 89.5 Å². The summed E-state index contributed by atoms with van der Waals surface area (Å²) in [5, 5.41) is 2.62. The predicted octanol–water partition coefficient (Wildman–Crippen LogP) is 0.371. The highest BCUT2D eigenvalue weighted by molar-refractivity contribution is 7.92. The van der Waals surface area contributed by atoms with Gasteiger partial charge in [-0.3, -0.25) is 9.59 Å². The van der Waals surface area contributed by atoms with E-state index < -0.39 is 33.4 Å². The van der Waals surface area contributed by atoms with Crippen LogP contribution in [0, 0.1) is 11.8 Å². The number of rotatable bonds is 7. The summed E-state index contributed by atoms with van der Waals surface area (Å²) < 4.78 is 28.0. The van der Waals surface area contributed by atoms with Crippen molar-refractivity contribution in [2.75, 3.05) is 18.6 Å². The fourth-order valence-electron chi connectivity index (χ4n) is 1.37. The monoisotopic (exact) mass is 293 g/mol. The Bertz CT molecular complexity index is 416. The third kappa shape index (κ3) is 7.15. The fraction of sp³-hybridized carbons (Fsp3) is 0.833. The summed E-state index contributed by atoms with van der Waals surface area (Å²) in [6, 6.07) is -0.0965. The number of hydrogen-bond acceptors (Lipinski definition) is 5. The molecule has 0 rings (SSSR count). The van der Waals surface area contributed by atoms with Crippen molar-refractivity contribution < 1.29 is 22.7 Å². The second-order valence-electron chi connectivity index (χ2n) is 5.08. The molecule has 2 unspecified atom stereocenters. The maximum Gasteiger partial charge on any atom is 0.309 e. The summed E-state index contributed by atoms with van der Waals surface area (Å²) in [5.74, 6) is -2.68. The largest absolute Gasteiger partial charge is 0.469 e. The van der Waals surface area contributed by atoms with Crippen molar-refractivity contribution in [3.05, 3.63) is 0 Å². The van der Waals surface area contributed by atoms with Crippen molar-refractivity contribution in [3.63, 3.8) is 0 Å². The van der Waals surface area contributed by atoms with E-state index in [9.17, 15) is 18.0 Å². The van der Waals surface area contributed by atoms with Gasteiger partial charge in [0.2, 0.25) is 5.91 Å². The number of hydrogen-bond donors (Lipinski definition) is 1.